The van der Waals surface area contributed by atoms with E-state index in [1.54, 1.807) is 6.07 Å². The van der Waals surface area contributed by atoms with E-state index < -0.39 is 10.0 Å². The molecule has 1 aliphatic heterocycles. The fourth-order valence-corrected chi connectivity index (χ4v) is 5.49. The largest absolute Gasteiger partial charge is 0.452 e. The minimum absolute atomic E-state index is 0.181. The van der Waals surface area contributed by atoms with Crippen molar-refractivity contribution in [3.8, 4) is 0 Å². The average molecular weight is 397 g/mol. The maximum absolute atomic E-state index is 12.4. The zero-order chi connectivity index (χ0) is 15.3. The van der Waals surface area contributed by atoms with Gasteiger partial charge in [0, 0.05) is 12.6 Å². The van der Waals surface area contributed by atoms with Crippen molar-refractivity contribution in [2.45, 2.75) is 31.2 Å². The molecule has 5 nitrogen and oxygen atoms in total. The summed E-state index contributed by atoms with van der Waals surface area (Å²) in [4.78, 5) is 0.181. The van der Waals surface area contributed by atoms with Crippen molar-refractivity contribution in [1.82, 2.24) is 10.0 Å². The van der Waals surface area contributed by atoms with Crippen LogP contribution in [0.3, 0.4) is 0 Å². The molecule has 1 aromatic rings. The Morgan fingerprint density at radius 3 is 2.81 bits per heavy atom. The van der Waals surface area contributed by atoms with Gasteiger partial charge < -0.3 is 9.73 Å². The summed E-state index contributed by atoms with van der Waals surface area (Å²) in [7, 11) is -3.52. The molecule has 0 amide bonds. The summed E-state index contributed by atoms with van der Waals surface area (Å²) in [5.41, 5.74) is 0. The molecular formula is C13H21BrN2O3S2. The van der Waals surface area contributed by atoms with Gasteiger partial charge in [-0.2, -0.15) is 11.8 Å². The van der Waals surface area contributed by atoms with Gasteiger partial charge in [-0.3, -0.25) is 0 Å². The molecule has 1 fully saturated rings. The van der Waals surface area contributed by atoms with Gasteiger partial charge in [-0.25, -0.2) is 13.1 Å². The van der Waals surface area contributed by atoms with Gasteiger partial charge in [0.2, 0.25) is 10.0 Å². The van der Waals surface area contributed by atoms with E-state index >= 15 is 0 Å². The van der Waals surface area contributed by atoms with Gasteiger partial charge in [0.15, 0.2) is 4.67 Å². The number of halogens is 1. The molecule has 120 valence electrons. The molecule has 2 heterocycles. The molecule has 2 N–H and O–H groups in total. The number of nitrogens with one attached hydrogen (secondary N) is 2. The molecule has 0 spiro atoms. The number of thioether (sulfide) groups is 1. The topological polar surface area (TPSA) is 71.3 Å². The van der Waals surface area contributed by atoms with Crippen LogP contribution < -0.4 is 10.0 Å². The van der Waals surface area contributed by atoms with Crippen LogP contribution in [0, 0.1) is 5.92 Å². The fraction of sp³-hybridized carbons (Fsp3) is 0.692. The van der Waals surface area contributed by atoms with Crippen LogP contribution in [0.1, 0.15) is 25.5 Å². The Morgan fingerprint density at radius 1 is 1.43 bits per heavy atom. The third-order valence-electron chi connectivity index (χ3n) is 3.45. The SMILES string of the molecule is CCNCc1cc(S(=O)(=O)NCC2CCSCC2)c(Br)o1. The van der Waals surface area contributed by atoms with E-state index in [-0.39, 0.29) is 9.56 Å². The van der Waals surface area contributed by atoms with Crippen LogP contribution in [-0.2, 0) is 16.6 Å². The van der Waals surface area contributed by atoms with E-state index in [1.807, 2.05) is 18.7 Å². The van der Waals surface area contributed by atoms with Crippen LogP contribution >= 0.6 is 27.7 Å². The van der Waals surface area contributed by atoms with Gasteiger partial charge in [0.1, 0.15) is 10.7 Å². The first-order chi connectivity index (χ1) is 10.0. The Kier molecular flexibility index (Phi) is 6.61. The van der Waals surface area contributed by atoms with Crippen molar-refractivity contribution >= 4 is 37.7 Å². The zero-order valence-electron chi connectivity index (χ0n) is 12.0. The smallest absolute Gasteiger partial charge is 0.244 e. The Balaban J connectivity index is 1.99. The molecule has 0 saturated carbocycles. The summed E-state index contributed by atoms with van der Waals surface area (Å²) in [5.74, 6) is 3.29. The molecule has 1 saturated heterocycles. The summed E-state index contributed by atoms with van der Waals surface area (Å²) >= 11 is 5.13. The van der Waals surface area contributed by atoms with Crippen LogP contribution in [-0.4, -0.2) is 33.0 Å². The Hall–Kier alpha value is -0.0200. The highest BCUT2D eigenvalue weighted by molar-refractivity contribution is 9.10. The highest BCUT2D eigenvalue weighted by atomic mass is 79.9. The van der Waals surface area contributed by atoms with E-state index in [2.05, 4.69) is 26.0 Å². The molecule has 0 bridgehead atoms. The molecule has 0 aliphatic carbocycles. The van der Waals surface area contributed by atoms with Gasteiger partial charge in [-0.1, -0.05) is 6.92 Å². The lowest BCUT2D eigenvalue weighted by Crippen LogP contribution is -2.31. The first kappa shape index (κ1) is 17.3. The lowest BCUT2D eigenvalue weighted by molar-refractivity contribution is 0.461. The standard InChI is InChI=1S/C13H21BrN2O3S2/c1-2-15-9-11-7-12(13(14)19-11)21(17,18)16-8-10-3-5-20-6-4-10/h7,10,15-16H,2-6,8-9H2,1H3. The molecule has 0 radical (unpaired) electrons. The van der Waals surface area contributed by atoms with Gasteiger partial charge >= 0.3 is 0 Å². The molecule has 0 atom stereocenters. The van der Waals surface area contributed by atoms with E-state index in [0.717, 1.165) is 30.9 Å². The van der Waals surface area contributed by atoms with Gasteiger partial charge in [-0.15, -0.1) is 0 Å². The number of rotatable bonds is 7. The van der Waals surface area contributed by atoms with E-state index in [9.17, 15) is 8.42 Å². The van der Waals surface area contributed by atoms with Crippen molar-refractivity contribution in [1.29, 1.82) is 0 Å². The fourth-order valence-electron chi connectivity index (χ4n) is 2.17. The quantitative estimate of drug-likeness (QED) is 0.740. The Bertz CT molecular complexity index is 554. The minimum Gasteiger partial charge on any atom is -0.452 e. The Labute approximate surface area is 138 Å². The first-order valence-electron chi connectivity index (χ1n) is 7.09. The van der Waals surface area contributed by atoms with Gasteiger partial charge in [0.25, 0.3) is 0 Å². The molecule has 8 heteroatoms. The highest BCUT2D eigenvalue weighted by Crippen LogP contribution is 2.27. The number of hydrogen-bond donors (Lipinski definition) is 2. The first-order valence-corrected chi connectivity index (χ1v) is 10.5. The lowest BCUT2D eigenvalue weighted by atomic mass is 10.0. The lowest BCUT2D eigenvalue weighted by Gasteiger charge is -2.21. The van der Waals surface area contributed by atoms with Crippen molar-refractivity contribution in [2.24, 2.45) is 5.92 Å². The van der Waals surface area contributed by atoms with E-state index in [4.69, 9.17) is 4.42 Å². The monoisotopic (exact) mass is 396 g/mol. The molecule has 2 rings (SSSR count). The maximum Gasteiger partial charge on any atom is 0.244 e. The van der Waals surface area contributed by atoms with Crippen molar-refractivity contribution in [2.75, 3.05) is 24.6 Å². The van der Waals surface area contributed by atoms with Gasteiger partial charge in [0.05, 0.1) is 6.54 Å². The molecule has 1 aliphatic rings. The highest BCUT2D eigenvalue weighted by Gasteiger charge is 2.24. The summed E-state index contributed by atoms with van der Waals surface area (Å²) < 4.78 is 33.1. The third-order valence-corrected chi connectivity index (χ3v) is 6.78. The van der Waals surface area contributed by atoms with Gasteiger partial charge in [-0.05, 0) is 52.7 Å². The molecular weight excluding hydrogens is 376 g/mol. The van der Waals surface area contributed by atoms with Crippen LogP contribution in [0.4, 0.5) is 0 Å². The van der Waals surface area contributed by atoms with Crippen LogP contribution in [0.25, 0.3) is 0 Å². The second-order valence-corrected chi connectivity index (χ2v) is 8.72. The second kappa shape index (κ2) is 8.01. The summed E-state index contributed by atoms with van der Waals surface area (Å²) in [6.07, 6.45) is 2.15. The van der Waals surface area contributed by atoms with E-state index in [0.29, 0.717) is 24.8 Å². The summed E-state index contributed by atoms with van der Waals surface area (Å²) in [6.45, 7) is 3.81. The predicted molar refractivity (Wildman–Crippen MR) is 89.0 cm³/mol. The minimum atomic E-state index is -3.52. The van der Waals surface area contributed by atoms with Crippen LogP contribution in [0.15, 0.2) is 20.0 Å². The summed E-state index contributed by atoms with van der Waals surface area (Å²) in [6, 6.07) is 1.58. The number of furan rings is 1. The zero-order valence-corrected chi connectivity index (χ0v) is 15.2. The number of sulfonamides is 1. The molecule has 0 aromatic carbocycles. The normalized spacial score (nSPS) is 17.2. The van der Waals surface area contributed by atoms with Crippen LogP contribution in [0.5, 0.6) is 0 Å². The third kappa shape index (κ3) is 4.99. The molecule has 21 heavy (non-hydrogen) atoms. The average Bonchev–Trinajstić information content (AvgIpc) is 2.86. The van der Waals surface area contributed by atoms with Crippen molar-refractivity contribution in [3.05, 3.63) is 16.5 Å². The second-order valence-electron chi connectivity index (χ2n) is 5.04. The number of hydrogen-bond acceptors (Lipinski definition) is 5. The van der Waals surface area contributed by atoms with E-state index in [1.165, 1.54) is 0 Å². The molecule has 0 unspecified atom stereocenters. The van der Waals surface area contributed by atoms with Crippen LogP contribution in [0.2, 0.25) is 0 Å². The van der Waals surface area contributed by atoms with Crippen molar-refractivity contribution in [3.63, 3.8) is 0 Å². The summed E-state index contributed by atoms with van der Waals surface area (Å²) in [5, 5.41) is 3.11. The van der Waals surface area contributed by atoms with Crippen molar-refractivity contribution < 1.29 is 12.8 Å². The Morgan fingerprint density at radius 2 is 2.14 bits per heavy atom. The predicted octanol–water partition coefficient (Wildman–Crippen LogP) is 2.57. The molecule has 1 aromatic heterocycles. The maximum atomic E-state index is 12.4.